The number of hydrogen-bond donors (Lipinski definition) is 0. The van der Waals surface area contributed by atoms with Crippen molar-refractivity contribution in [1.29, 1.82) is 0 Å². The highest BCUT2D eigenvalue weighted by Crippen LogP contribution is 2.60. The molecule has 0 bridgehead atoms. The molecule has 0 heterocycles. The van der Waals surface area contributed by atoms with E-state index in [9.17, 15) is 48.3 Å². The number of alkyl halides is 12. The van der Waals surface area contributed by atoms with Gasteiger partial charge in [-0.2, -0.15) is 39.5 Å². The first-order valence-electron chi connectivity index (χ1n) is 7.65. The lowest BCUT2D eigenvalue weighted by Gasteiger charge is -2.47. The zero-order chi connectivity index (χ0) is 23.7. The molecular formula is C13H18F12O3Si. The topological polar surface area (TPSA) is 27.7 Å². The van der Waals surface area contributed by atoms with E-state index in [1.54, 1.807) is 0 Å². The van der Waals surface area contributed by atoms with Crippen molar-refractivity contribution in [2.24, 2.45) is 0 Å². The van der Waals surface area contributed by atoms with Crippen LogP contribution in [-0.2, 0) is 13.3 Å². The molecule has 3 atom stereocenters. The molecule has 0 rings (SSSR count). The molecule has 176 valence electrons. The largest absolute Gasteiger partial charge is 0.549 e. The molecule has 3 nitrogen and oxygen atoms in total. The summed E-state index contributed by atoms with van der Waals surface area (Å²) in [5, 5.41) is -5.88. The zero-order valence-electron chi connectivity index (χ0n) is 15.3. The lowest BCUT2D eigenvalue weighted by atomic mass is 9.93. The van der Waals surface area contributed by atoms with Crippen LogP contribution in [0.5, 0.6) is 0 Å². The maximum atomic E-state index is 15.4. The highest BCUT2D eigenvalue weighted by Gasteiger charge is 2.93. The Bertz CT molecular complexity index is 531. The summed E-state index contributed by atoms with van der Waals surface area (Å²) in [6.07, 6.45) is -16.5. The van der Waals surface area contributed by atoms with E-state index in [-0.39, 0.29) is 27.8 Å². The maximum absolute atomic E-state index is 15.4. The Balaban J connectivity index is 7.06. The van der Waals surface area contributed by atoms with Crippen molar-refractivity contribution in [3.05, 3.63) is 0 Å². The minimum Gasteiger partial charge on any atom is -0.375 e. The predicted molar refractivity (Wildman–Crippen MR) is 76.2 cm³/mol. The highest BCUT2D eigenvalue weighted by atomic mass is 28.4. The van der Waals surface area contributed by atoms with E-state index < -0.39 is 56.8 Å². The van der Waals surface area contributed by atoms with Crippen LogP contribution in [0.15, 0.2) is 0 Å². The quantitative estimate of drug-likeness (QED) is 0.307. The van der Waals surface area contributed by atoms with Gasteiger partial charge in [0.2, 0.25) is 0 Å². The second kappa shape index (κ2) is 8.78. The summed E-state index contributed by atoms with van der Waals surface area (Å²) in [5.41, 5.74) is 0. The molecule has 3 unspecified atom stereocenters. The molecule has 0 saturated carbocycles. The Morgan fingerprint density at radius 2 is 1.07 bits per heavy atom. The minimum atomic E-state index is -7.60. The van der Waals surface area contributed by atoms with Gasteiger partial charge >= 0.3 is 32.7 Å². The Hall–Kier alpha value is -0.743. The third kappa shape index (κ3) is 3.96. The van der Waals surface area contributed by atoms with Crippen LogP contribution in [0.2, 0.25) is 0 Å². The fourth-order valence-corrected chi connectivity index (χ4v) is 4.96. The van der Waals surface area contributed by atoms with Gasteiger partial charge in [0.25, 0.3) is 5.29 Å². The van der Waals surface area contributed by atoms with E-state index in [1.807, 2.05) is 0 Å². The van der Waals surface area contributed by atoms with Crippen LogP contribution < -0.4 is 0 Å². The summed E-state index contributed by atoms with van der Waals surface area (Å²) in [6.45, 7) is 1.14. The van der Waals surface area contributed by atoms with Gasteiger partial charge in [0, 0.05) is 21.3 Å². The normalized spacial score (nSPS) is 19.0. The monoisotopic (exact) mass is 478 g/mol. The van der Waals surface area contributed by atoms with Crippen LogP contribution in [0.25, 0.3) is 0 Å². The summed E-state index contributed by atoms with van der Waals surface area (Å²) < 4.78 is 176. The maximum Gasteiger partial charge on any atom is 0.549 e. The van der Waals surface area contributed by atoms with Crippen LogP contribution in [0.1, 0.15) is 19.8 Å². The van der Waals surface area contributed by atoms with Crippen LogP contribution >= 0.6 is 0 Å². The third-order valence-corrected chi connectivity index (χ3v) is 7.21. The van der Waals surface area contributed by atoms with Crippen molar-refractivity contribution in [3.63, 3.8) is 0 Å². The van der Waals surface area contributed by atoms with Gasteiger partial charge in [-0.05, 0) is 6.42 Å². The molecule has 0 aromatic heterocycles. The van der Waals surface area contributed by atoms with Gasteiger partial charge in [-0.1, -0.05) is 13.3 Å². The molecular weight excluding hydrogens is 460 g/mol. The van der Waals surface area contributed by atoms with E-state index >= 15 is 4.39 Å². The Morgan fingerprint density at radius 3 is 1.34 bits per heavy atom. The molecule has 0 amide bonds. The first kappa shape index (κ1) is 28.3. The lowest BCUT2D eigenvalue weighted by Crippen LogP contribution is -2.80. The van der Waals surface area contributed by atoms with E-state index in [2.05, 4.69) is 13.3 Å². The Labute approximate surface area is 158 Å². The Kier molecular flexibility index (Phi) is 8.56. The zero-order valence-corrected chi connectivity index (χ0v) is 16.3. The molecule has 0 N–H and O–H groups in total. The number of rotatable bonds is 11. The summed E-state index contributed by atoms with van der Waals surface area (Å²) in [4.78, 5) is 0. The SMILES string of the molecule is CCCC(F)C(F)C(F)(C(F)(F)C(F)(F)C(F)(F)C(F)(F)F)[Si](OC)(OC)OC. The molecule has 0 aliphatic rings. The summed E-state index contributed by atoms with van der Waals surface area (Å²) in [5.74, 6) is -22.4. The van der Waals surface area contributed by atoms with E-state index in [0.717, 1.165) is 6.92 Å². The van der Waals surface area contributed by atoms with Crippen molar-refractivity contribution in [2.45, 2.75) is 61.3 Å². The first-order chi connectivity index (χ1) is 12.8. The van der Waals surface area contributed by atoms with Gasteiger partial charge in [-0.3, -0.25) is 0 Å². The minimum absolute atomic E-state index is 0.253. The van der Waals surface area contributed by atoms with Crippen LogP contribution in [0.3, 0.4) is 0 Å². The van der Waals surface area contributed by atoms with Crippen molar-refractivity contribution in [1.82, 2.24) is 0 Å². The van der Waals surface area contributed by atoms with E-state index in [4.69, 9.17) is 0 Å². The summed E-state index contributed by atoms with van der Waals surface area (Å²) >= 11 is 0. The molecule has 16 heteroatoms. The molecule has 0 aromatic carbocycles. The fourth-order valence-electron chi connectivity index (χ4n) is 2.50. The lowest BCUT2D eigenvalue weighted by molar-refractivity contribution is -0.411. The van der Waals surface area contributed by atoms with Gasteiger partial charge in [-0.25, -0.2) is 13.2 Å². The van der Waals surface area contributed by atoms with Gasteiger partial charge < -0.3 is 13.3 Å². The fraction of sp³-hybridized carbons (Fsp3) is 1.00. The van der Waals surface area contributed by atoms with E-state index in [0.29, 0.717) is 0 Å². The highest BCUT2D eigenvalue weighted by molar-refractivity contribution is 6.64. The second-order valence-electron chi connectivity index (χ2n) is 5.81. The Morgan fingerprint density at radius 1 is 0.690 bits per heavy atom. The molecule has 0 saturated heterocycles. The van der Waals surface area contributed by atoms with Crippen molar-refractivity contribution >= 4 is 8.80 Å². The molecule has 0 aliphatic carbocycles. The molecule has 0 radical (unpaired) electrons. The van der Waals surface area contributed by atoms with Crippen molar-refractivity contribution in [2.75, 3.05) is 21.3 Å². The van der Waals surface area contributed by atoms with Gasteiger partial charge in [-0.15, -0.1) is 0 Å². The van der Waals surface area contributed by atoms with Crippen molar-refractivity contribution in [3.8, 4) is 0 Å². The van der Waals surface area contributed by atoms with Gasteiger partial charge in [0.1, 0.15) is 6.17 Å². The average molecular weight is 478 g/mol. The van der Waals surface area contributed by atoms with Crippen LogP contribution in [0, 0.1) is 0 Å². The first-order valence-corrected chi connectivity index (χ1v) is 9.38. The second-order valence-corrected chi connectivity index (χ2v) is 8.87. The molecule has 29 heavy (non-hydrogen) atoms. The number of halogens is 12. The molecule has 0 aromatic rings. The standard InChI is InChI=1S/C13H18F12O3Si/c1-5-6-7(14)8(15)9(16,29(26-2,27-3)28-4)10(17,18)11(19,20)12(21,22)13(23,24)25/h7-8H,5-6H2,1-4H3. The molecule has 0 aliphatic heterocycles. The molecule has 0 spiro atoms. The summed E-state index contributed by atoms with van der Waals surface area (Å²) in [6, 6.07) is 0. The van der Waals surface area contributed by atoms with Crippen LogP contribution in [0.4, 0.5) is 52.7 Å². The molecule has 0 fully saturated rings. The van der Waals surface area contributed by atoms with E-state index in [1.165, 1.54) is 0 Å². The smallest absolute Gasteiger partial charge is 0.375 e. The van der Waals surface area contributed by atoms with Gasteiger partial charge in [0.05, 0.1) is 0 Å². The van der Waals surface area contributed by atoms with Crippen LogP contribution in [-0.4, -0.2) is 71.7 Å². The third-order valence-electron chi connectivity index (χ3n) is 4.12. The average Bonchev–Trinajstić information content (AvgIpc) is 2.61. The summed E-state index contributed by atoms with van der Waals surface area (Å²) in [7, 11) is -5.46. The number of hydrogen-bond acceptors (Lipinski definition) is 3. The predicted octanol–water partition coefficient (Wildman–Crippen LogP) is 5.06. The van der Waals surface area contributed by atoms with Gasteiger partial charge in [0.15, 0.2) is 6.17 Å². The van der Waals surface area contributed by atoms with Crippen molar-refractivity contribution < 1.29 is 66.0 Å².